The molecule has 2 aromatic rings. The SMILES string of the molecule is Cc1nc(CN(C)CC(O)c2cccc([N+](=O)[O-])c2)cs1. The number of aromatic nitrogens is 1. The van der Waals surface area contributed by atoms with Crippen LogP contribution in [0.25, 0.3) is 0 Å². The minimum absolute atomic E-state index is 0.00988. The number of non-ortho nitro benzene ring substituents is 1. The van der Waals surface area contributed by atoms with Crippen LogP contribution in [0.5, 0.6) is 0 Å². The van der Waals surface area contributed by atoms with E-state index in [0.29, 0.717) is 18.7 Å². The molecule has 0 bridgehead atoms. The molecule has 21 heavy (non-hydrogen) atoms. The van der Waals surface area contributed by atoms with E-state index in [2.05, 4.69) is 4.98 Å². The largest absolute Gasteiger partial charge is 0.387 e. The average molecular weight is 307 g/mol. The van der Waals surface area contributed by atoms with Crippen molar-refractivity contribution >= 4 is 17.0 Å². The molecule has 2 rings (SSSR count). The van der Waals surface area contributed by atoms with Gasteiger partial charge in [-0.1, -0.05) is 12.1 Å². The van der Waals surface area contributed by atoms with E-state index in [4.69, 9.17) is 0 Å². The number of hydrogen-bond donors (Lipinski definition) is 1. The molecule has 0 amide bonds. The summed E-state index contributed by atoms with van der Waals surface area (Å²) in [7, 11) is 1.88. The summed E-state index contributed by atoms with van der Waals surface area (Å²) in [4.78, 5) is 16.6. The molecule has 7 heteroatoms. The van der Waals surface area contributed by atoms with Crippen LogP contribution >= 0.6 is 11.3 Å². The predicted molar refractivity (Wildman–Crippen MR) is 81.2 cm³/mol. The van der Waals surface area contributed by atoms with Gasteiger partial charge in [0.1, 0.15) is 0 Å². The molecule has 1 aromatic carbocycles. The second kappa shape index (κ2) is 6.75. The summed E-state index contributed by atoms with van der Waals surface area (Å²) in [6.45, 7) is 2.97. The van der Waals surface area contributed by atoms with E-state index < -0.39 is 11.0 Å². The lowest BCUT2D eigenvalue weighted by molar-refractivity contribution is -0.385. The van der Waals surface area contributed by atoms with Crippen molar-refractivity contribution < 1.29 is 10.0 Å². The summed E-state index contributed by atoms with van der Waals surface area (Å²) < 4.78 is 0. The topological polar surface area (TPSA) is 79.5 Å². The van der Waals surface area contributed by atoms with Gasteiger partial charge in [0.05, 0.1) is 21.7 Å². The van der Waals surface area contributed by atoms with Gasteiger partial charge in [-0.05, 0) is 19.5 Å². The van der Waals surface area contributed by atoms with E-state index in [1.165, 1.54) is 12.1 Å². The fraction of sp³-hybridized carbons (Fsp3) is 0.357. The highest BCUT2D eigenvalue weighted by atomic mass is 32.1. The number of hydrogen-bond acceptors (Lipinski definition) is 6. The number of aliphatic hydroxyl groups is 1. The summed E-state index contributed by atoms with van der Waals surface area (Å²) in [5.74, 6) is 0. The Morgan fingerprint density at radius 1 is 1.52 bits per heavy atom. The van der Waals surface area contributed by atoms with Crippen molar-refractivity contribution in [3.63, 3.8) is 0 Å². The van der Waals surface area contributed by atoms with E-state index in [-0.39, 0.29) is 5.69 Å². The normalized spacial score (nSPS) is 12.6. The van der Waals surface area contributed by atoms with Crippen LogP contribution in [-0.2, 0) is 6.54 Å². The second-order valence-electron chi connectivity index (χ2n) is 4.92. The summed E-state index contributed by atoms with van der Waals surface area (Å²) in [6, 6.07) is 6.10. The molecule has 6 nitrogen and oxygen atoms in total. The molecule has 1 aromatic heterocycles. The number of benzene rings is 1. The predicted octanol–water partition coefficient (Wildman–Crippen LogP) is 2.53. The molecule has 1 unspecified atom stereocenters. The lowest BCUT2D eigenvalue weighted by Gasteiger charge is -2.19. The van der Waals surface area contributed by atoms with Gasteiger partial charge in [0.15, 0.2) is 0 Å². The second-order valence-corrected chi connectivity index (χ2v) is 5.98. The van der Waals surface area contributed by atoms with Crippen molar-refractivity contribution in [3.8, 4) is 0 Å². The molecule has 0 aliphatic heterocycles. The lowest BCUT2D eigenvalue weighted by Crippen LogP contribution is -2.24. The first-order valence-corrected chi connectivity index (χ1v) is 7.35. The molecular weight excluding hydrogens is 290 g/mol. The minimum atomic E-state index is -0.769. The fourth-order valence-electron chi connectivity index (χ4n) is 2.07. The van der Waals surface area contributed by atoms with Gasteiger partial charge >= 0.3 is 0 Å². The van der Waals surface area contributed by atoms with E-state index in [1.807, 2.05) is 24.3 Å². The zero-order valence-electron chi connectivity index (χ0n) is 11.9. The van der Waals surface area contributed by atoms with Gasteiger partial charge in [-0.2, -0.15) is 0 Å². The Kier molecular flexibility index (Phi) is 5.00. The van der Waals surface area contributed by atoms with E-state index in [0.717, 1.165) is 10.7 Å². The molecule has 0 radical (unpaired) electrons. The van der Waals surface area contributed by atoms with Crippen LogP contribution in [0.2, 0.25) is 0 Å². The average Bonchev–Trinajstić information content (AvgIpc) is 2.83. The number of rotatable bonds is 6. The number of nitro groups is 1. The van der Waals surface area contributed by atoms with Crippen molar-refractivity contribution in [1.82, 2.24) is 9.88 Å². The Morgan fingerprint density at radius 2 is 2.29 bits per heavy atom. The van der Waals surface area contributed by atoms with Crippen molar-refractivity contribution in [3.05, 3.63) is 56.0 Å². The van der Waals surface area contributed by atoms with Crippen LogP contribution in [0.3, 0.4) is 0 Å². The summed E-state index contributed by atoms with van der Waals surface area (Å²) in [5.41, 5.74) is 1.50. The maximum Gasteiger partial charge on any atom is 0.269 e. The van der Waals surface area contributed by atoms with Crippen molar-refractivity contribution in [2.75, 3.05) is 13.6 Å². The fourth-order valence-corrected chi connectivity index (χ4v) is 2.67. The lowest BCUT2D eigenvalue weighted by atomic mass is 10.1. The van der Waals surface area contributed by atoms with Gasteiger partial charge in [0.25, 0.3) is 5.69 Å². The van der Waals surface area contributed by atoms with Crippen LogP contribution in [0.1, 0.15) is 22.4 Å². The molecular formula is C14H17N3O3S. The Bertz CT molecular complexity index is 629. The Balaban J connectivity index is 1.98. The Morgan fingerprint density at radius 3 is 2.90 bits per heavy atom. The smallest absolute Gasteiger partial charge is 0.269 e. The van der Waals surface area contributed by atoms with Gasteiger partial charge in [-0.3, -0.25) is 15.0 Å². The monoisotopic (exact) mass is 307 g/mol. The highest BCUT2D eigenvalue weighted by molar-refractivity contribution is 7.09. The van der Waals surface area contributed by atoms with Crippen LogP contribution in [0, 0.1) is 17.0 Å². The number of aliphatic hydroxyl groups excluding tert-OH is 1. The third kappa shape index (κ3) is 4.32. The third-order valence-corrected chi connectivity index (χ3v) is 3.87. The first-order chi connectivity index (χ1) is 9.95. The van der Waals surface area contributed by atoms with Crippen molar-refractivity contribution in [2.45, 2.75) is 19.6 Å². The first kappa shape index (κ1) is 15.6. The molecule has 0 aliphatic carbocycles. The van der Waals surface area contributed by atoms with Crippen LogP contribution < -0.4 is 0 Å². The summed E-state index contributed by atoms with van der Waals surface area (Å²) >= 11 is 1.59. The van der Waals surface area contributed by atoms with E-state index >= 15 is 0 Å². The molecule has 0 spiro atoms. The number of aryl methyl sites for hydroxylation is 1. The highest BCUT2D eigenvalue weighted by Crippen LogP contribution is 2.20. The standard InChI is InChI=1S/C14H17N3O3S/c1-10-15-12(9-21-10)7-16(2)8-14(18)11-4-3-5-13(6-11)17(19)20/h3-6,9,14,18H,7-8H2,1-2H3. The van der Waals surface area contributed by atoms with Crippen molar-refractivity contribution in [1.29, 1.82) is 0 Å². The zero-order chi connectivity index (χ0) is 15.4. The molecule has 0 fully saturated rings. The van der Waals surface area contributed by atoms with Gasteiger partial charge in [0, 0.05) is 30.6 Å². The summed E-state index contributed by atoms with van der Waals surface area (Å²) in [5, 5.41) is 23.9. The van der Waals surface area contributed by atoms with Gasteiger partial charge in [0.2, 0.25) is 0 Å². The quantitative estimate of drug-likeness (QED) is 0.655. The number of nitrogens with zero attached hydrogens (tertiary/aromatic N) is 3. The van der Waals surface area contributed by atoms with Gasteiger partial charge in [-0.25, -0.2) is 4.98 Å². The molecule has 0 aliphatic rings. The van der Waals surface area contributed by atoms with Gasteiger partial charge in [-0.15, -0.1) is 11.3 Å². The van der Waals surface area contributed by atoms with Crippen LogP contribution in [0.4, 0.5) is 5.69 Å². The molecule has 0 saturated carbocycles. The number of nitro benzene ring substituents is 1. The van der Waals surface area contributed by atoms with E-state index in [9.17, 15) is 15.2 Å². The number of likely N-dealkylation sites (N-methyl/N-ethyl adjacent to an activating group) is 1. The maximum atomic E-state index is 10.7. The Labute approximate surface area is 126 Å². The highest BCUT2D eigenvalue weighted by Gasteiger charge is 2.15. The molecule has 1 atom stereocenters. The molecule has 0 saturated heterocycles. The third-order valence-electron chi connectivity index (χ3n) is 3.05. The molecule has 1 N–H and O–H groups in total. The molecule has 112 valence electrons. The molecule has 1 heterocycles. The minimum Gasteiger partial charge on any atom is -0.387 e. The van der Waals surface area contributed by atoms with Crippen molar-refractivity contribution in [2.24, 2.45) is 0 Å². The van der Waals surface area contributed by atoms with Gasteiger partial charge < -0.3 is 5.11 Å². The van der Waals surface area contributed by atoms with E-state index in [1.54, 1.807) is 23.5 Å². The summed E-state index contributed by atoms with van der Waals surface area (Å²) in [6.07, 6.45) is -0.769. The maximum absolute atomic E-state index is 10.7. The van der Waals surface area contributed by atoms with Crippen LogP contribution in [-0.4, -0.2) is 33.5 Å². The van der Waals surface area contributed by atoms with Crippen LogP contribution in [0.15, 0.2) is 29.6 Å². The first-order valence-electron chi connectivity index (χ1n) is 6.47. The number of thiazole rings is 1. The zero-order valence-corrected chi connectivity index (χ0v) is 12.7. The Hall–Kier alpha value is -1.83.